The van der Waals surface area contributed by atoms with E-state index >= 15 is 0 Å². The summed E-state index contributed by atoms with van der Waals surface area (Å²) in [4.78, 5) is 44.0. The minimum Gasteiger partial charge on any atom is -0.324 e. The lowest BCUT2D eigenvalue weighted by Crippen LogP contribution is -2.54. The molecule has 6 nitrogen and oxygen atoms in total. The van der Waals surface area contributed by atoms with Gasteiger partial charge < -0.3 is 5.32 Å². The third kappa shape index (κ3) is 2.28. The Morgan fingerprint density at radius 3 is 2.71 bits per heavy atom. The van der Waals surface area contributed by atoms with E-state index in [1.807, 2.05) is 18.2 Å². The zero-order valence-electron chi connectivity index (χ0n) is 16.1. The summed E-state index contributed by atoms with van der Waals surface area (Å²) in [5.74, 6) is -3.21. The first-order valence-electron chi connectivity index (χ1n) is 10.1. The summed E-state index contributed by atoms with van der Waals surface area (Å²) in [5.41, 5.74) is 0.355. The first-order valence-corrected chi connectivity index (χ1v) is 11.2. The van der Waals surface area contributed by atoms with Gasteiger partial charge in [-0.2, -0.15) is 0 Å². The minimum absolute atomic E-state index is 0.166. The lowest BCUT2D eigenvalue weighted by Gasteiger charge is -2.36. The third-order valence-corrected chi connectivity index (χ3v) is 7.90. The molecule has 0 aliphatic carbocycles. The summed E-state index contributed by atoms with van der Waals surface area (Å²) >= 11 is 9.40. The molecule has 158 valence electrons. The number of anilines is 2. The number of imide groups is 1. The van der Waals surface area contributed by atoms with E-state index in [9.17, 15) is 18.8 Å². The Bertz CT molecular complexity index is 1210. The molecule has 0 saturated carbocycles. The van der Waals surface area contributed by atoms with Crippen molar-refractivity contribution in [2.45, 2.75) is 24.4 Å². The average molecular weight is 505 g/mol. The molecule has 9 heteroatoms. The number of benzene rings is 2. The molecule has 0 radical (unpaired) electrons. The molecule has 4 aliphatic rings. The van der Waals surface area contributed by atoms with Crippen LogP contribution in [0.15, 0.2) is 40.9 Å². The van der Waals surface area contributed by atoms with Gasteiger partial charge in [-0.3, -0.25) is 19.3 Å². The summed E-state index contributed by atoms with van der Waals surface area (Å²) in [6, 6.07) is 9.09. The van der Waals surface area contributed by atoms with E-state index in [0.29, 0.717) is 17.8 Å². The second-order valence-corrected chi connectivity index (χ2v) is 9.75. The first kappa shape index (κ1) is 19.4. The molecule has 1 N–H and O–H groups in total. The predicted molar refractivity (Wildman–Crippen MR) is 115 cm³/mol. The number of nitrogens with one attached hydrogen (secondary N) is 1. The van der Waals surface area contributed by atoms with Crippen LogP contribution in [0.3, 0.4) is 0 Å². The van der Waals surface area contributed by atoms with E-state index in [4.69, 9.17) is 11.6 Å². The highest BCUT2D eigenvalue weighted by Crippen LogP contribution is 2.60. The van der Waals surface area contributed by atoms with Gasteiger partial charge in [0.05, 0.1) is 22.5 Å². The van der Waals surface area contributed by atoms with Crippen LogP contribution in [0.25, 0.3) is 0 Å². The number of amides is 3. The number of fused-ring (bicyclic) bond motifs is 7. The van der Waals surface area contributed by atoms with Crippen molar-refractivity contribution in [3.05, 3.63) is 57.3 Å². The molecule has 6 rings (SSSR count). The second kappa shape index (κ2) is 6.37. The summed E-state index contributed by atoms with van der Waals surface area (Å²) in [5, 5.41) is 2.77. The van der Waals surface area contributed by atoms with Crippen LogP contribution in [0.5, 0.6) is 0 Å². The minimum atomic E-state index is -1.24. The van der Waals surface area contributed by atoms with Gasteiger partial charge in [-0.25, -0.2) is 9.29 Å². The van der Waals surface area contributed by atoms with Crippen LogP contribution >= 0.6 is 27.5 Å². The van der Waals surface area contributed by atoms with Crippen molar-refractivity contribution in [1.29, 1.82) is 0 Å². The quantitative estimate of drug-likeness (QED) is 0.602. The van der Waals surface area contributed by atoms with Crippen LogP contribution < -0.4 is 10.2 Å². The molecule has 0 bridgehead atoms. The van der Waals surface area contributed by atoms with Crippen molar-refractivity contribution in [3.8, 4) is 0 Å². The standard InChI is InChI=1S/C22H16BrClFN3O3/c23-10-3-6-15-12(8-10)22(21(31)26-15)18-17(16-2-1-7-27(16)22)19(29)28(20(18)30)11-4-5-14(25)13(24)9-11/h3-6,8-9,16-18H,1-2,7H2,(H,26,31)/t16-,17-,18+,22-/m1/s1. The Labute approximate surface area is 190 Å². The van der Waals surface area contributed by atoms with Crippen LogP contribution in [0, 0.1) is 17.7 Å². The number of halogens is 3. The molecule has 2 aromatic carbocycles. The molecule has 3 saturated heterocycles. The molecule has 3 amide bonds. The van der Waals surface area contributed by atoms with Crippen LogP contribution in [-0.4, -0.2) is 35.2 Å². The van der Waals surface area contributed by atoms with E-state index in [1.54, 1.807) is 0 Å². The van der Waals surface area contributed by atoms with E-state index in [0.717, 1.165) is 28.3 Å². The van der Waals surface area contributed by atoms with Crippen molar-refractivity contribution in [3.63, 3.8) is 0 Å². The van der Waals surface area contributed by atoms with Crippen molar-refractivity contribution >= 4 is 56.6 Å². The van der Waals surface area contributed by atoms with Crippen LogP contribution in [0.2, 0.25) is 5.02 Å². The van der Waals surface area contributed by atoms with Crippen molar-refractivity contribution in [2.75, 3.05) is 16.8 Å². The van der Waals surface area contributed by atoms with Gasteiger partial charge in [-0.05, 0) is 55.8 Å². The fourth-order valence-corrected chi connectivity index (χ4v) is 6.59. The normalized spacial score (nSPS) is 31.4. The number of rotatable bonds is 1. The van der Waals surface area contributed by atoms with E-state index in [2.05, 4.69) is 26.1 Å². The van der Waals surface area contributed by atoms with Gasteiger partial charge in [0.25, 0.3) is 0 Å². The molecular formula is C22H16BrClFN3O3. The van der Waals surface area contributed by atoms with E-state index < -0.39 is 29.1 Å². The molecule has 0 unspecified atom stereocenters. The zero-order valence-corrected chi connectivity index (χ0v) is 18.4. The van der Waals surface area contributed by atoms with Gasteiger partial charge in [0.2, 0.25) is 17.7 Å². The predicted octanol–water partition coefficient (Wildman–Crippen LogP) is 3.67. The van der Waals surface area contributed by atoms with Crippen LogP contribution in [0.4, 0.5) is 15.8 Å². The summed E-state index contributed by atoms with van der Waals surface area (Å²) in [6.45, 7) is 0.639. The highest BCUT2D eigenvalue weighted by Gasteiger charge is 2.74. The lowest BCUT2D eigenvalue weighted by molar-refractivity contribution is -0.135. The highest BCUT2D eigenvalue weighted by atomic mass is 79.9. The van der Waals surface area contributed by atoms with Crippen molar-refractivity contribution in [2.24, 2.45) is 11.8 Å². The maximum absolute atomic E-state index is 13.8. The van der Waals surface area contributed by atoms with E-state index in [1.165, 1.54) is 12.1 Å². The topological polar surface area (TPSA) is 69.7 Å². The van der Waals surface area contributed by atoms with Gasteiger partial charge in [0.15, 0.2) is 0 Å². The number of carbonyl (C=O) groups excluding carboxylic acids is 3. The monoisotopic (exact) mass is 503 g/mol. The van der Waals surface area contributed by atoms with Gasteiger partial charge in [-0.1, -0.05) is 27.5 Å². The maximum Gasteiger partial charge on any atom is 0.250 e. The lowest BCUT2D eigenvalue weighted by atomic mass is 9.75. The highest BCUT2D eigenvalue weighted by molar-refractivity contribution is 9.10. The molecule has 4 heterocycles. The SMILES string of the molecule is O=C1[C@@H]2[C@H]3CCCN3[C@@]3(C(=O)Nc4ccc(Br)cc43)[C@@H]2C(=O)N1c1ccc(F)c(Cl)c1. The Balaban J connectivity index is 1.56. The van der Waals surface area contributed by atoms with Gasteiger partial charge in [0, 0.05) is 21.8 Å². The van der Waals surface area contributed by atoms with Gasteiger partial charge in [0.1, 0.15) is 11.4 Å². The molecule has 3 fully saturated rings. The van der Waals surface area contributed by atoms with E-state index in [-0.39, 0.29) is 28.6 Å². The molecular weight excluding hydrogens is 489 g/mol. The molecule has 31 heavy (non-hydrogen) atoms. The number of hydrogen-bond acceptors (Lipinski definition) is 4. The molecule has 1 spiro atoms. The molecule has 2 aromatic rings. The Kier molecular flexibility index (Phi) is 3.99. The largest absolute Gasteiger partial charge is 0.324 e. The Morgan fingerprint density at radius 1 is 1.13 bits per heavy atom. The number of carbonyl (C=O) groups is 3. The smallest absolute Gasteiger partial charge is 0.250 e. The molecule has 4 atom stereocenters. The Morgan fingerprint density at radius 2 is 1.94 bits per heavy atom. The van der Waals surface area contributed by atoms with Crippen molar-refractivity contribution < 1.29 is 18.8 Å². The fraction of sp³-hybridized carbons (Fsp3) is 0.318. The zero-order chi connectivity index (χ0) is 21.7. The van der Waals surface area contributed by atoms with Crippen LogP contribution in [0.1, 0.15) is 18.4 Å². The Hall–Kier alpha value is -2.29. The number of hydrogen-bond donors (Lipinski definition) is 1. The average Bonchev–Trinajstić information content (AvgIpc) is 3.43. The number of nitrogens with zero attached hydrogens (tertiary/aromatic N) is 2. The van der Waals surface area contributed by atoms with Crippen molar-refractivity contribution in [1.82, 2.24) is 4.90 Å². The summed E-state index contributed by atoms with van der Waals surface area (Å²) in [6.07, 6.45) is 1.58. The van der Waals surface area contributed by atoms with Gasteiger partial charge in [-0.15, -0.1) is 0 Å². The van der Waals surface area contributed by atoms with Gasteiger partial charge >= 0.3 is 0 Å². The first-order chi connectivity index (χ1) is 14.9. The summed E-state index contributed by atoms with van der Waals surface area (Å²) in [7, 11) is 0. The molecule has 0 aromatic heterocycles. The third-order valence-electron chi connectivity index (χ3n) is 7.12. The molecule has 4 aliphatic heterocycles. The fourth-order valence-electron chi connectivity index (χ4n) is 6.05. The maximum atomic E-state index is 13.8. The summed E-state index contributed by atoms with van der Waals surface area (Å²) < 4.78 is 14.5. The van der Waals surface area contributed by atoms with Crippen LogP contribution in [-0.2, 0) is 19.9 Å². The second-order valence-electron chi connectivity index (χ2n) is 8.43.